The van der Waals surface area contributed by atoms with Gasteiger partial charge in [0.15, 0.2) is 0 Å². The van der Waals surface area contributed by atoms with Crippen molar-refractivity contribution in [3.63, 3.8) is 0 Å². The highest BCUT2D eigenvalue weighted by atomic mass is 35.5. The molecule has 1 unspecified atom stereocenters. The van der Waals surface area contributed by atoms with Gasteiger partial charge in [-0.15, -0.1) is 0 Å². The normalized spacial score (nSPS) is 15.4. The van der Waals surface area contributed by atoms with E-state index < -0.39 is 5.60 Å². The molecule has 1 aliphatic heterocycles. The Morgan fingerprint density at radius 2 is 1.72 bits per heavy atom. The average Bonchev–Trinajstić information content (AvgIpc) is 2.77. The van der Waals surface area contributed by atoms with Gasteiger partial charge in [-0.3, -0.25) is 0 Å². The van der Waals surface area contributed by atoms with Gasteiger partial charge in [0.1, 0.15) is 10.8 Å². The van der Waals surface area contributed by atoms with Crippen LogP contribution >= 0.6 is 34.8 Å². The van der Waals surface area contributed by atoms with Crippen LogP contribution in [-0.4, -0.2) is 28.9 Å². The van der Waals surface area contributed by atoms with Gasteiger partial charge in [-0.05, 0) is 41.8 Å². The number of anilines is 1. The fourth-order valence-corrected chi connectivity index (χ4v) is 4.15. The molecule has 0 spiro atoms. The van der Waals surface area contributed by atoms with Crippen molar-refractivity contribution in [1.29, 1.82) is 0 Å². The number of carbonyl (C=O) groups excluding carboxylic acids is 1. The summed E-state index contributed by atoms with van der Waals surface area (Å²) in [6.45, 7) is 2.09. The second-order valence-electron chi connectivity index (χ2n) is 7.50. The summed E-state index contributed by atoms with van der Waals surface area (Å²) in [6.07, 6.45) is 3.63. The van der Waals surface area contributed by atoms with Gasteiger partial charge >= 0.3 is 6.03 Å². The number of halogens is 3. The topological polar surface area (TPSA) is 77.8 Å². The predicted octanol–water partition coefficient (Wildman–Crippen LogP) is 5.40. The van der Waals surface area contributed by atoms with E-state index in [-0.39, 0.29) is 6.03 Å². The van der Waals surface area contributed by atoms with Crippen molar-refractivity contribution in [3.8, 4) is 0 Å². The number of hydrazone groups is 1. The molecule has 0 fully saturated rings. The molecular weight excluding hydrogens is 471 g/mol. The average molecular weight is 490 g/mol. The largest absolute Gasteiger partial charge is 0.381 e. The van der Waals surface area contributed by atoms with Crippen LogP contribution in [0.4, 0.5) is 10.5 Å². The highest BCUT2D eigenvalue weighted by Crippen LogP contribution is 2.34. The van der Waals surface area contributed by atoms with E-state index in [2.05, 4.69) is 15.4 Å². The van der Waals surface area contributed by atoms with Crippen LogP contribution in [0.3, 0.4) is 0 Å². The number of rotatable bonds is 5. The van der Waals surface area contributed by atoms with Crippen molar-refractivity contribution in [1.82, 2.24) is 10.3 Å². The van der Waals surface area contributed by atoms with Crippen molar-refractivity contribution in [3.05, 3.63) is 92.2 Å². The lowest BCUT2D eigenvalue weighted by Crippen LogP contribution is -2.41. The van der Waals surface area contributed by atoms with Crippen LogP contribution in [0.15, 0.2) is 59.8 Å². The third-order valence-electron chi connectivity index (χ3n) is 5.29. The Labute approximate surface area is 200 Å². The van der Waals surface area contributed by atoms with E-state index in [4.69, 9.17) is 34.8 Å². The Balaban J connectivity index is 1.56. The summed E-state index contributed by atoms with van der Waals surface area (Å²) in [7, 11) is 0. The monoisotopic (exact) mass is 488 g/mol. The number of nitrogens with one attached hydrogen (secondary N) is 1. The first-order valence-corrected chi connectivity index (χ1v) is 10.9. The second-order valence-corrected chi connectivity index (χ2v) is 8.70. The molecule has 2 N–H and O–H groups in total. The maximum absolute atomic E-state index is 12.0. The molecule has 1 atom stereocenters. The summed E-state index contributed by atoms with van der Waals surface area (Å²) in [5.41, 5.74) is 2.32. The minimum absolute atomic E-state index is 0.342. The third-order valence-corrected chi connectivity index (χ3v) is 6.19. The fourth-order valence-electron chi connectivity index (χ4n) is 3.43. The van der Waals surface area contributed by atoms with E-state index in [0.717, 1.165) is 11.1 Å². The first-order chi connectivity index (χ1) is 15.3. The van der Waals surface area contributed by atoms with Crippen LogP contribution in [0, 0.1) is 0 Å². The smallest absolute Gasteiger partial charge is 0.342 e. The molecule has 164 valence electrons. The standard InChI is InChI=1S/C23H19Cl3N4O2/c1-23(32,16-6-7-21(26)28-13-16)15-4-2-14(3-5-15)10-18-19(24)11-17(12-20(18)25)30-22(31)27-8-9-29-30/h2-7,9,11-13,32H,8,10H2,1H3,(H,27,31). The summed E-state index contributed by atoms with van der Waals surface area (Å²) in [5.74, 6) is 0. The van der Waals surface area contributed by atoms with Gasteiger partial charge in [0, 0.05) is 34.4 Å². The van der Waals surface area contributed by atoms with E-state index >= 15 is 0 Å². The molecule has 0 radical (unpaired) electrons. The summed E-state index contributed by atoms with van der Waals surface area (Å²) in [6, 6.07) is 13.9. The van der Waals surface area contributed by atoms with E-state index in [1.165, 1.54) is 5.01 Å². The van der Waals surface area contributed by atoms with Gasteiger partial charge in [-0.2, -0.15) is 10.1 Å². The number of hydrogen-bond donors (Lipinski definition) is 2. The summed E-state index contributed by atoms with van der Waals surface area (Å²) < 4.78 is 0. The lowest BCUT2D eigenvalue weighted by Gasteiger charge is -2.24. The fraction of sp³-hybridized carbons (Fsp3) is 0.174. The summed E-state index contributed by atoms with van der Waals surface area (Å²) >= 11 is 18.8. The number of urea groups is 1. The minimum atomic E-state index is -1.22. The quantitative estimate of drug-likeness (QED) is 0.471. The third kappa shape index (κ3) is 4.59. The van der Waals surface area contributed by atoms with Crippen molar-refractivity contribution in [2.75, 3.05) is 11.6 Å². The zero-order chi connectivity index (χ0) is 22.9. The van der Waals surface area contributed by atoms with E-state index in [1.807, 2.05) is 24.3 Å². The number of benzene rings is 2. The molecule has 1 aromatic heterocycles. The highest BCUT2D eigenvalue weighted by molar-refractivity contribution is 6.36. The molecule has 2 heterocycles. The number of aliphatic hydroxyl groups is 1. The van der Waals surface area contributed by atoms with Crippen LogP contribution in [0.5, 0.6) is 0 Å². The Morgan fingerprint density at radius 1 is 1.06 bits per heavy atom. The van der Waals surface area contributed by atoms with Gasteiger partial charge in [0.25, 0.3) is 0 Å². The number of amides is 2. The molecular formula is C23H19Cl3N4O2. The molecule has 32 heavy (non-hydrogen) atoms. The van der Waals surface area contributed by atoms with Crippen LogP contribution in [0.25, 0.3) is 0 Å². The predicted molar refractivity (Wildman–Crippen MR) is 128 cm³/mol. The number of pyridine rings is 1. The highest BCUT2D eigenvalue weighted by Gasteiger charge is 2.26. The van der Waals surface area contributed by atoms with Gasteiger partial charge < -0.3 is 10.4 Å². The first-order valence-electron chi connectivity index (χ1n) is 9.78. The van der Waals surface area contributed by atoms with Gasteiger partial charge in [-0.1, -0.05) is 65.1 Å². The number of carbonyl (C=O) groups is 1. The van der Waals surface area contributed by atoms with Gasteiger partial charge in [-0.25, -0.2) is 9.78 Å². The molecule has 1 aliphatic rings. The maximum atomic E-state index is 12.0. The van der Waals surface area contributed by atoms with Crippen LogP contribution in [0.1, 0.15) is 29.2 Å². The lowest BCUT2D eigenvalue weighted by molar-refractivity contribution is 0.102. The van der Waals surface area contributed by atoms with Crippen molar-refractivity contribution in [2.45, 2.75) is 18.9 Å². The SMILES string of the molecule is CC(O)(c1ccc(Cc2c(Cl)cc(N3N=CCNC3=O)cc2Cl)cc1)c1ccc(Cl)nc1. The van der Waals surface area contributed by atoms with E-state index in [9.17, 15) is 9.90 Å². The maximum Gasteiger partial charge on any atom is 0.342 e. The van der Waals surface area contributed by atoms with Crippen molar-refractivity contribution < 1.29 is 9.90 Å². The van der Waals surface area contributed by atoms with E-state index in [0.29, 0.717) is 45.0 Å². The Morgan fingerprint density at radius 3 is 2.31 bits per heavy atom. The van der Waals surface area contributed by atoms with Gasteiger partial charge in [0.2, 0.25) is 0 Å². The lowest BCUT2D eigenvalue weighted by atomic mass is 9.88. The molecule has 2 amide bonds. The molecule has 4 rings (SSSR count). The number of aromatic nitrogens is 1. The summed E-state index contributed by atoms with van der Waals surface area (Å²) in [4.78, 5) is 16.1. The first kappa shape index (κ1) is 22.6. The molecule has 3 aromatic rings. The molecule has 9 heteroatoms. The van der Waals surface area contributed by atoms with Crippen molar-refractivity contribution in [2.24, 2.45) is 5.10 Å². The molecule has 0 saturated carbocycles. The molecule has 0 bridgehead atoms. The number of hydrogen-bond acceptors (Lipinski definition) is 4. The molecule has 0 aliphatic carbocycles. The molecule has 0 saturated heterocycles. The van der Waals surface area contributed by atoms with Crippen LogP contribution < -0.4 is 10.3 Å². The zero-order valence-electron chi connectivity index (χ0n) is 17.0. The minimum Gasteiger partial charge on any atom is -0.381 e. The zero-order valence-corrected chi connectivity index (χ0v) is 19.3. The van der Waals surface area contributed by atoms with E-state index in [1.54, 1.807) is 43.6 Å². The van der Waals surface area contributed by atoms with Crippen LogP contribution in [0.2, 0.25) is 15.2 Å². The Bertz CT molecular complexity index is 1160. The van der Waals surface area contributed by atoms with Gasteiger partial charge in [0.05, 0.1) is 12.2 Å². The van der Waals surface area contributed by atoms with Crippen LogP contribution in [-0.2, 0) is 12.0 Å². The Hall–Kier alpha value is -2.64. The van der Waals surface area contributed by atoms with Crippen molar-refractivity contribution >= 4 is 52.7 Å². The molecule has 2 aromatic carbocycles. The second kappa shape index (κ2) is 9.08. The molecule has 6 nitrogen and oxygen atoms in total. The summed E-state index contributed by atoms with van der Waals surface area (Å²) in [5, 5.41) is 20.2. The number of nitrogens with zero attached hydrogens (tertiary/aromatic N) is 3. The Kier molecular flexibility index (Phi) is 6.40.